The summed E-state index contributed by atoms with van der Waals surface area (Å²) in [4.78, 5) is 37.2. The molecule has 42 heavy (non-hydrogen) atoms. The van der Waals surface area contributed by atoms with Crippen molar-refractivity contribution in [2.75, 3.05) is 56.0 Å². The van der Waals surface area contributed by atoms with Crippen LogP contribution in [0.5, 0.6) is 0 Å². The molecule has 0 aliphatic rings. The van der Waals surface area contributed by atoms with Crippen LogP contribution >= 0.6 is 40.4 Å². The van der Waals surface area contributed by atoms with Crippen molar-refractivity contribution in [2.45, 2.75) is 0 Å². The number of carbonyl (C=O) groups excluding carboxylic acids is 4. The summed E-state index contributed by atoms with van der Waals surface area (Å²) in [7, 11) is 9.35. The normalized spacial score (nSPS) is 5.95. The maximum atomic E-state index is 9.36. The minimum absolute atomic E-state index is 0. The smallest absolute Gasteiger partial charge is 0.693 e. The van der Waals surface area contributed by atoms with E-state index in [2.05, 4.69) is 64.8 Å². The maximum absolute atomic E-state index is 9.36. The first-order valence-corrected chi connectivity index (χ1v) is 12.3. The molecule has 0 aromatic heterocycles. The van der Waals surface area contributed by atoms with Gasteiger partial charge in [-0.2, -0.15) is 0 Å². The number of hydrogen-bond acceptors (Lipinski definition) is 10. The van der Waals surface area contributed by atoms with Gasteiger partial charge in [0.05, 0.1) is 42.7 Å². The van der Waals surface area contributed by atoms with Crippen molar-refractivity contribution in [1.82, 2.24) is 0 Å². The molecule has 0 fully saturated rings. The Hall–Kier alpha value is -0.262. The maximum Gasteiger partial charge on any atom is 2.00 e. The summed E-state index contributed by atoms with van der Waals surface area (Å²) >= 11 is 9.20. The zero-order valence-electron chi connectivity index (χ0n) is 24.4. The summed E-state index contributed by atoms with van der Waals surface area (Å²) in [6.07, 6.45) is 0.259. The molecule has 244 valence electrons. The third-order valence-corrected chi connectivity index (χ3v) is 2.27. The van der Waals surface area contributed by atoms with Gasteiger partial charge in [-0.1, -0.05) is 0 Å². The number of nitrogens with one attached hydrogen (secondary N) is 2. The molecule has 14 nitrogen and oxygen atoms in total. The molecule has 2 unspecified atom stereocenters. The molecule has 0 saturated carbocycles. The Kier molecular flexibility index (Phi) is 245. The van der Waals surface area contributed by atoms with Crippen molar-refractivity contribution >= 4 is 63.4 Å². The van der Waals surface area contributed by atoms with Crippen molar-refractivity contribution in [3.8, 4) is 0 Å². The summed E-state index contributed by atoms with van der Waals surface area (Å²) < 4.78 is 23.7. The Balaban J connectivity index is -0.0000000175. The molecule has 0 aromatic carbocycles. The molecule has 0 rings (SSSR count). The van der Waals surface area contributed by atoms with E-state index in [9.17, 15) is 19.2 Å². The first kappa shape index (κ1) is 90.0. The monoisotopic (exact) mass is 832 g/mol. The molecule has 2 amide bonds. The van der Waals surface area contributed by atoms with Gasteiger partial charge in [0.25, 0.3) is 0 Å². The molecule has 0 saturated heterocycles. The van der Waals surface area contributed by atoms with Crippen molar-refractivity contribution in [1.29, 1.82) is 0 Å². The zero-order valence-corrected chi connectivity index (χ0v) is 33.5. The molecular formula is C20H40Cl2N4O10P2V4. The molecule has 0 aliphatic carbocycles. The largest absolute Gasteiger partial charge is 2.00 e. The van der Waals surface area contributed by atoms with Crippen LogP contribution in [0.4, 0.5) is 19.2 Å². The molecular weight excluding hydrogens is 793 g/mol. The predicted octanol–water partition coefficient (Wildman–Crippen LogP) is 8.66. The average Bonchev–Trinajstić information content (AvgIpc) is 2.89. The third-order valence-electron chi connectivity index (χ3n) is 1.30. The SMILES string of the molecule is COC(=O)Cl.COC(=O)Cl.COC([NH-])=O.COC([NH-])=O.[CH-]=COC.[CH-]=COC.[CH-]=CPC.[CH-]=CPC.[NH2-].[NH2-].[V+2].[V+2].[V+2].[V+2]. The minimum atomic E-state index is -0.995. The van der Waals surface area contributed by atoms with Crippen LogP contribution in [0.2, 0.25) is 0 Å². The van der Waals surface area contributed by atoms with Crippen molar-refractivity contribution < 1.29 is 122 Å². The van der Waals surface area contributed by atoms with Gasteiger partial charge in [0.15, 0.2) is 0 Å². The number of hydrogen-bond donors (Lipinski definition) is 0. The van der Waals surface area contributed by atoms with E-state index in [1.54, 1.807) is 11.6 Å². The van der Waals surface area contributed by atoms with E-state index in [0.29, 0.717) is 0 Å². The van der Waals surface area contributed by atoms with Gasteiger partial charge in [0, 0.05) is 23.2 Å². The molecule has 22 heteroatoms. The summed E-state index contributed by atoms with van der Waals surface area (Å²) in [6, 6.07) is 0. The number of carbonyl (C=O) groups is 4. The first-order valence-electron chi connectivity index (χ1n) is 8.34. The van der Waals surface area contributed by atoms with Crippen LogP contribution in [-0.4, -0.2) is 79.0 Å². The van der Waals surface area contributed by atoms with E-state index in [1.807, 2.05) is 13.3 Å². The van der Waals surface area contributed by atoms with Crippen LogP contribution in [0.25, 0.3) is 23.8 Å². The van der Waals surface area contributed by atoms with Gasteiger partial charge in [-0.25, -0.2) is 9.59 Å². The molecule has 0 aliphatic heterocycles. The van der Waals surface area contributed by atoms with Gasteiger partial charge in [-0.15, -0.1) is 29.7 Å². The zero-order chi connectivity index (χ0) is 30.8. The Morgan fingerprint density at radius 2 is 0.667 bits per heavy atom. The second-order valence-electron chi connectivity index (χ2n) is 3.52. The van der Waals surface area contributed by atoms with Gasteiger partial charge in [-0.05, 0) is 13.3 Å². The van der Waals surface area contributed by atoms with Crippen molar-refractivity contribution in [3.05, 3.63) is 74.2 Å². The number of halogens is 2. The quantitative estimate of drug-likeness (QED) is 0.0858. The second kappa shape index (κ2) is 114. The van der Waals surface area contributed by atoms with Crippen molar-refractivity contribution in [2.24, 2.45) is 0 Å². The fraction of sp³-hybridized carbons (Fsp3) is 0.400. The number of amides is 2. The summed E-state index contributed by atoms with van der Waals surface area (Å²) in [5.41, 5.74) is 10.4. The molecule has 0 aromatic rings. The van der Waals surface area contributed by atoms with E-state index < -0.39 is 23.0 Å². The van der Waals surface area contributed by atoms with Gasteiger partial charge >= 0.3 is 85.1 Å². The van der Waals surface area contributed by atoms with E-state index in [-0.39, 0.29) is 86.5 Å². The first-order chi connectivity index (χ1) is 16.7. The van der Waals surface area contributed by atoms with Crippen molar-refractivity contribution in [3.63, 3.8) is 0 Å². The Bertz CT molecular complexity index is 455. The minimum Gasteiger partial charge on any atom is -0.693 e. The number of rotatable bonds is 4. The van der Waals surface area contributed by atoms with Crippen LogP contribution in [0.3, 0.4) is 0 Å². The third kappa shape index (κ3) is 433. The second-order valence-corrected chi connectivity index (χ2v) is 5.96. The van der Waals surface area contributed by atoms with E-state index in [1.165, 1.54) is 28.4 Å². The molecule has 4 radical (unpaired) electrons. The predicted molar refractivity (Wildman–Crippen MR) is 159 cm³/mol. The Morgan fingerprint density at radius 1 is 0.571 bits per heavy atom. The molecule has 0 bridgehead atoms. The van der Waals surface area contributed by atoms with Crippen LogP contribution < -0.4 is 0 Å². The van der Waals surface area contributed by atoms with E-state index >= 15 is 0 Å². The number of nitrogens with two attached hydrogens (primary N) is 2. The summed E-state index contributed by atoms with van der Waals surface area (Å²) in [5.74, 6) is 3.31. The average molecular weight is 833 g/mol. The van der Waals surface area contributed by atoms with Crippen LogP contribution in [0.15, 0.2) is 24.2 Å². The summed E-state index contributed by atoms with van der Waals surface area (Å²) in [5, 5.41) is 0. The van der Waals surface area contributed by atoms with Crippen LogP contribution in [0, 0.1) is 26.3 Å². The van der Waals surface area contributed by atoms with Crippen LogP contribution in [-0.2, 0) is 103 Å². The number of ether oxygens (including phenoxy) is 6. The summed E-state index contributed by atoms with van der Waals surface area (Å²) in [6.45, 7) is 23.2. The van der Waals surface area contributed by atoms with Gasteiger partial charge in [0.2, 0.25) is 12.2 Å². The van der Waals surface area contributed by atoms with E-state index in [4.69, 9.17) is 24.6 Å². The topological polar surface area (TPSA) is 238 Å². The Morgan fingerprint density at radius 3 is 0.667 bits per heavy atom. The fourth-order valence-corrected chi connectivity index (χ4v) is 0. The molecule has 2 atom stereocenters. The molecule has 0 heterocycles. The van der Waals surface area contributed by atoms with Gasteiger partial charge < -0.3 is 78.5 Å². The number of methoxy groups -OCH3 is 6. The Labute approximate surface area is 313 Å². The molecule has 6 N–H and O–H groups in total. The molecule has 0 spiro atoms. The van der Waals surface area contributed by atoms with E-state index in [0.717, 1.165) is 43.9 Å². The standard InChI is InChI=1S/2C3H5O.2C3H6P.2C2H3ClO2.2C2H5NO2.2H2N.4V/c4*1-3-4-2;4*1-5-2(3)4;;;;;;/h2*1,3H,2H3;2*1,3-4H,2H3;2*1H3;2*1H3,(H2,3,4);2*1H2;;;;/q4*-1;;;;;2*-1;4*+2/p-2. The van der Waals surface area contributed by atoms with Gasteiger partial charge in [-0.3, -0.25) is 21.2 Å². The van der Waals surface area contributed by atoms with Gasteiger partial charge in [0.1, 0.15) is 0 Å². The van der Waals surface area contributed by atoms with Crippen LogP contribution in [0.1, 0.15) is 0 Å². The fourth-order valence-electron chi connectivity index (χ4n) is 0.